The highest BCUT2D eigenvalue weighted by molar-refractivity contribution is 9.10. The highest BCUT2D eigenvalue weighted by atomic mass is 79.9. The molecule has 0 aromatic heterocycles. The van der Waals surface area contributed by atoms with Crippen molar-refractivity contribution < 1.29 is 9.59 Å². The Morgan fingerprint density at radius 3 is 2.75 bits per heavy atom. The number of para-hydroxylation sites is 1. The first-order valence-corrected chi connectivity index (χ1v) is 8.88. The zero-order valence-electron chi connectivity index (χ0n) is 13.0. The Morgan fingerprint density at radius 2 is 1.92 bits per heavy atom. The van der Waals surface area contributed by atoms with Gasteiger partial charge in [0, 0.05) is 22.4 Å². The Balaban J connectivity index is 1.41. The summed E-state index contributed by atoms with van der Waals surface area (Å²) in [5.41, 5.74) is 2.96. The van der Waals surface area contributed by atoms with Gasteiger partial charge in [-0.1, -0.05) is 40.2 Å². The summed E-state index contributed by atoms with van der Waals surface area (Å²) in [4.78, 5) is 26.9. The van der Waals surface area contributed by atoms with Gasteiger partial charge < -0.3 is 10.2 Å². The largest absolute Gasteiger partial charge is 0.326 e. The molecule has 1 N–H and O–H groups in total. The number of amides is 2. The van der Waals surface area contributed by atoms with Crippen LogP contribution in [0.2, 0.25) is 0 Å². The third-order valence-electron chi connectivity index (χ3n) is 4.69. The molecule has 2 aromatic rings. The summed E-state index contributed by atoms with van der Waals surface area (Å²) in [7, 11) is 0. The van der Waals surface area contributed by atoms with Crippen LogP contribution in [0.5, 0.6) is 0 Å². The van der Waals surface area contributed by atoms with Gasteiger partial charge in [-0.05, 0) is 42.7 Å². The Morgan fingerprint density at radius 1 is 1.08 bits per heavy atom. The molecule has 2 atom stereocenters. The zero-order valence-corrected chi connectivity index (χ0v) is 14.6. The fourth-order valence-electron chi connectivity index (χ4n) is 3.33. The second kappa shape index (κ2) is 6.06. The fraction of sp³-hybridized carbons (Fsp3) is 0.263. The number of anilines is 2. The van der Waals surface area contributed by atoms with Crippen LogP contribution >= 0.6 is 15.9 Å². The summed E-state index contributed by atoms with van der Waals surface area (Å²) in [5.74, 6) is -0.402. The van der Waals surface area contributed by atoms with E-state index in [0.717, 1.165) is 22.3 Å². The summed E-state index contributed by atoms with van der Waals surface area (Å²) >= 11 is 3.39. The molecule has 1 saturated carbocycles. The molecule has 0 saturated heterocycles. The maximum Gasteiger partial charge on any atom is 0.230 e. The SMILES string of the molecule is O=C(Nc1cccc(Br)c1)C1CC1C(=O)N1CCc2ccccc21. The number of nitrogens with one attached hydrogen (secondary N) is 1. The minimum Gasteiger partial charge on any atom is -0.326 e. The topological polar surface area (TPSA) is 49.4 Å². The molecule has 2 aromatic carbocycles. The average molecular weight is 385 g/mol. The van der Waals surface area contributed by atoms with Crippen LogP contribution in [0, 0.1) is 11.8 Å². The van der Waals surface area contributed by atoms with Crippen molar-refractivity contribution in [1.82, 2.24) is 0 Å². The summed E-state index contributed by atoms with van der Waals surface area (Å²) in [6.45, 7) is 0.717. The molecule has 2 aliphatic rings. The maximum atomic E-state index is 12.7. The molecule has 4 nitrogen and oxygen atoms in total. The van der Waals surface area contributed by atoms with Crippen LogP contribution in [0.1, 0.15) is 12.0 Å². The van der Waals surface area contributed by atoms with Crippen molar-refractivity contribution in [3.8, 4) is 0 Å². The summed E-state index contributed by atoms with van der Waals surface area (Å²) < 4.78 is 0.914. The van der Waals surface area contributed by atoms with Gasteiger partial charge in [-0.25, -0.2) is 0 Å². The van der Waals surface area contributed by atoms with Gasteiger partial charge in [0.25, 0.3) is 0 Å². The van der Waals surface area contributed by atoms with Crippen LogP contribution in [0.3, 0.4) is 0 Å². The molecule has 122 valence electrons. The molecule has 1 aliphatic carbocycles. The first-order valence-electron chi connectivity index (χ1n) is 8.09. The van der Waals surface area contributed by atoms with Gasteiger partial charge in [-0.3, -0.25) is 9.59 Å². The van der Waals surface area contributed by atoms with Gasteiger partial charge in [-0.15, -0.1) is 0 Å². The molecule has 2 unspecified atom stereocenters. The van der Waals surface area contributed by atoms with Gasteiger partial charge in [-0.2, -0.15) is 0 Å². The molecule has 5 heteroatoms. The predicted molar refractivity (Wildman–Crippen MR) is 96.9 cm³/mol. The van der Waals surface area contributed by atoms with Gasteiger partial charge in [0.15, 0.2) is 0 Å². The van der Waals surface area contributed by atoms with Crippen LogP contribution in [-0.2, 0) is 16.0 Å². The molecule has 0 radical (unpaired) electrons. The lowest BCUT2D eigenvalue weighted by Crippen LogP contribution is -2.31. The van der Waals surface area contributed by atoms with Crippen LogP contribution in [0.15, 0.2) is 53.0 Å². The number of benzene rings is 2. The fourth-order valence-corrected chi connectivity index (χ4v) is 3.73. The predicted octanol–water partition coefficient (Wildman–Crippen LogP) is 3.61. The number of nitrogens with zero attached hydrogens (tertiary/aromatic N) is 1. The second-order valence-corrected chi connectivity index (χ2v) is 7.23. The van der Waals surface area contributed by atoms with Crippen molar-refractivity contribution in [2.75, 3.05) is 16.8 Å². The number of halogens is 1. The molecule has 24 heavy (non-hydrogen) atoms. The maximum absolute atomic E-state index is 12.7. The van der Waals surface area contributed by atoms with E-state index in [9.17, 15) is 9.59 Å². The normalized spacial score (nSPS) is 21.3. The third kappa shape index (κ3) is 2.84. The first kappa shape index (κ1) is 15.4. The Labute approximate surface area is 149 Å². The Kier molecular flexibility index (Phi) is 3.88. The monoisotopic (exact) mass is 384 g/mol. The quantitative estimate of drug-likeness (QED) is 0.878. The van der Waals surface area contributed by atoms with E-state index in [1.54, 1.807) is 0 Å². The van der Waals surface area contributed by atoms with E-state index >= 15 is 0 Å². The van der Waals surface area contributed by atoms with E-state index in [1.807, 2.05) is 47.4 Å². The van der Waals surface area contributed by atoms with E-state index in [1.165, 1.54) is 5.56 Å². The van der Waals surface area contributed by atoms with Crippen LogP contribution < -0.4 is 10.2 Å². The lowest BCUT2D eigenvalue weighted by Gasteiger charge is -2.17. The Hall–Kier alpha value is -2.14. The van der Waals surface area contributed by atoms with Crippen LogP contribution in [0.4, 0.5) is 11.4 Å². The number of carbonyl (C=O) groups excluding carboxylic acids is 2. The van der Waals surface area contributed by atoms with E-state index in [-0.39, 0.29) is 23.7 Å². The highest BCUT2D eigenvalue weighted by Gasteiger charge is 2.50. The number of rotatable bonds is 3. The van der Waals surface area contributed by atoms with Crippen molar-refractivity contribution in [3.05, 3.63) is 58.6 Å². The van der Waals surface area contributed by atoms with Crippen LogP contribution in [0.25, 0.3) is 0 Å². The van der Waals surface area contributed by atoms with E-state index in [0.29, 0.717) is 13.0 Å². The molecule has 1 heterocycles. The van der Waals surface area contributed by atoms with Crippen molar-refractivity contribution in [2.24, 2.45) is 11.8 Å². The zero-order chi connectivity index (χ0) is 16.7. The van der Waals surface area contributed by atoms with Gasteiger partial charge >= 0.3 is 0 Å². The molecule has 1 aliphatic heterocycles. The minimum absolute atomic E-state index is 0.0704. The molecular formula is C19H17BrN2O2. The lowest BCUT2D eigenvalue weighted by molar-refractivity contribution is -0.123. The van der Waals surface area contributed by atoms with Crippen LogP contribution in [-0.4, -0.2) is 18.4 Å². The molecule has 2 amide bonds. The Bertz CT molecular complexity index is 821. The highest BCUT2D eigenvalue weighted by Crippen LogP contribution is 2.43. The summed E-state index contributed by atoms with van der Waals surface area (Å²) in [6, 6.07) is 15.5. The molecule has 1 fully saturated rings. The van der Waals surface area contributed by atoms with Gasteiger partial charge in [0.2, 0.25) is 11.8 Å². The number of hydrogen-bond donors (Lipinski definition) is 1. The van der Waals surface area contributed by atoms with E-state index < -0.39 is 0 Å². The first-order chi connectivity index (χ1) is 11.6. The van der Waals surface area contributed by atoms with E-state index in [2.05, 4.69) is 27.3 Å². The summed E-state index contributed by atoms with van der Waals surface area (Å²) in [6.07, 6.45) is 1.53. The van der Waals surface area contributed by atoms with Crippen molar-refractivity contribution in [1.29, 1.82) is 0 Å². The van der Waals surface area contributed by atoms with Crippen molar-refractivity contribution in [3.63, 3.8) is 0 Å². The number of fused-ring (bicyclic) bond motifs is 1. The van der Waals surface area contributed by atoms with E-state index in [4.69, 9.17) is 0 Å². The molecular weight excluding hydrogens is 368 g/mol. The number of hydrogen-bond acceptors (Lipinski definition) is 2. The lowest BCUT2D eigenvalue weighted by atomic mass is 10.2. The number of carbonyl (C=O) groups is 2. The molecule has 0 bridgehead atoms. The standard InChI is InChI=1S/C19H17BrN2O2/c20-13-5-3-6-14(10-13)21-18(23)15-11-16(15)19(24)22-9-8-12-4-1-2-7-17(12)22/h1-7,10,15-16H,8-9,11H2,(H,21,23). The van der Waals surface area contributed by atoms with Crippen molar-refractivity contribution >= 4 is 39.1 Å². The second-order valence-electron chi connectivity index (χ2n) is 6.32. The average Bonchev–Trinajstić information content (AvgIpc) is 3.27. The van der Waals surface area contributed by atoms with Gasteiger partial charge in [0.05, 0.1) is 11.8 Å². The molecule has 0 spiro atoms. The summed E-state index contributed by atoms with van der Waals surface area (Å²) in [5, 5.41) is 2.90. The van der Waals surface area contributed by atoms with Gasteiger partial charge in [0.1, 0.15) is 0 Å². The molecule has 4 rings (SSSR count). The third-order valence-corrected chi connectivity index (χ3v) is 5.18. The smallest absolute Gasteiger partial charge is 0.230 e. The minimum atomic E-state index is -0.218. The van der Waals surface area contributed by atoms with Crippen molar-refractivity contribution in [2.45, 2.75) is 12.8 Å².